The Hall–Kier alpha value is -2.57. The summed E-state index contributed by atoms with van der Waals surface area (Å²) in [5.41, 5.74) is 0.477. The summed E-state index contributed by atoms with van der Waals surface area (Å²) in [6.45, 7) is 3.97. The zero-order valence-corrected chi connectivity index (χ0v) is 11.2. The molecule has 0 bridgehead atoms. The van der Waals surface area contributed by atoms with Gasteiger partial charge in [0.15, 0.2) is 0 Å². The van der Waals surface area contributed by atoms with Gasteiger partial charge in [0.1, 0.15) is 0 Å². The first-order chi connectivity index (χ1) is 9.43. The first-order valence-corrected chi connectivity index (χ1v) is 5.79. The molecule has 110 valence electrons. The molecule has 0 radical (unpaired) electrons. The second kappa shape index (κ2) is 9.37. The first-order valence-electron chi connectivity index (χ1n) is 5.79. The van der Waals surface area contributed by atoms with E-state index in [1.54, 1.807) is 38.1 Å². The maximum absolute atomic E-state index is 11.5. The van der Waals surface area contributed by atoms with Crippen LogP contribution in [0.5, 0.6) is 0 Å². The lowest BCUT2D eigenvalue weighted by molar-refractivity contribution is 0.0479. The molecule has 0 amide bonds. The Morgan fingerprint density at radius 1 is 0.900 bits per heavy atom. The molecule has 0 aliphatic rings. The lowest BCUT2D eigenvalue weighted by Gasteiger charge is -2.07. The zero-order valence-electron chi connectivity index (χ0n) is 11.2. The van der Waals surface area contributed by atoms with Crippen LogP contribution in [0.15, 0.2) is 24.3 Å². The standard InChI is InChI=1S/C12H14O4.CH2O3/c1-3-15-11(13)9-7-5-6-8-10(9)12(14)16-4-2;2-1(3)4/h5-8H,3-4H2,1-2H3;(H2,2,3,4). The number of benzene rings is 1. The molecule has 7 nitrogen and oxygen atoms in total. The van der Waals surface area contributed by atoms with Crippen molar-refractivity contribution in [1.82, 2.24) is 0 Å². The number of carbonyl (C=O) groups is 3. The van der Waals surface area contributed by atoms with Crippen molar-refractivity contribution < 1.29 is 34.1 Å². The van der Waals surface area contributed by atoms with Crippen molar-refractivity contribution in [2.45, 2.75) is 13.8 Å². The molecule has 1 aromatic carbocycles. The Morgan fingerprint density at radius 3 is 1.45 bits per heavy atom. The fraction of sp³-hybridized carbons (Fsp3) is 0.308. The molecule has 0 atom stereocenters. The van der Waals surface area contributed by atoms with E-state index in [0.717, 1.165) is 0 Å². The number of esters is 2. The average molecular weight is 284 g/mol. The van der Waals surface area contributed by atoms with Crippen molar-refractivity contribution in [3.63, 3.8) is 0 Å². The normalized spacial score (nSPS) is 8.90. The van der Waals surface area contributed by atoms with Crippen molar-refractivity contribution in [3.05, 3.63) is 35.4 Å². The fourth-order valence-corrected chi connectivity index (χ4v) is 1.26. The summed E-state index contributed by atoms with van der Waals surface area (Å²) in [6.07, 6.45) is -1.83. The van der Waals surface area contributed by atoms with Crippen LogP contribution in [0.25, 0.3) is 0 Å². The predicted octanol–water partition coefficient (Wildman–Crippen LogP) is 2.26. The van der Waals surface area contributed by atoms with Crippen LogP contribution in [0.1, 0.15) is 34.6 Å². The Bertz CT molecular complexity index is 427. The minimum absolute atomic E-state index is 0.239. The van der Waals surface area contributed by atoms with E-state index >= 15 is 0 Å². The van der Waals surface area contributed by atoms with Crippen molar-refractivity contribution in [2.24, 2.45) is 0 Å². The lowest BCUT2D eigenvalue weighted by atomic mass is 10.1. The number of rotatable bonds is 4. The van der Waals surface area contributed by atoms with Crippen LogP contribution in [0.3, 0.4) is 0 Å². The smallest absolute Gasteiger partial charge is 0.462 e. The third kappa shape index (κ3) is 6.39. The van der Waals surface area contributed by atoms with Gasteiger partial charge in [-0.3, -0.25) is 0 Å². The molecule has 0 saturated heterocycles. The summed E-state index contributed by atoms with van der Waals surface area (Å²) < 4.78 is 9.70. The molecule has 1 aromatic rings. The van der Waals surface area contributed by atoms with Gasteiger partial charge in [0.2, 0.25) is 0 Å². The van der Waals surface area contributed by atoms with Gasteiger partial charge in [-0.05, 0) is 26.0 Å². The Balaban J connectivity index is 0.000000796. The van der Waals surface area contributed by atoms with Crippen LogP contribution in [0, 0.1) is 0 Å². The van der Waals surface area contributed by atoms with E-state index in [1.165, 1.54) is 0 Å². The van der Waals surface area contributed by atoms with E-state index in [-0.39, 0.29) is 24.3 Å². The highest BCUT2D eigenvalue weighted by molar-refractivity contribution is 6.03. The maximum atomic E-state index is 11.5. The van der Waals surface area contributed by atoms with E-state index in [1.807, 2.05) is 0 Å². The molecule has 1 rings (SSSR count). The maximum Gasteiger partial charge on any atom is 0.503 e. The van der Waals surface area contributed by atoms with Crippen molar-refractivity contribution >= 4 is 18.1 Å². The molecule has 20 heavy (non-hydrogen) atoms. The number of ether oxygens (including phenoxy) is 2. The summed E-state index contributed by atoms with van der Waals surface area (Å²) in [4.78, 5) is 31.6. The highest BCUT2D eigenvalue weighted by Gasteiger charge is 2.17. The van der Waals surface area contributed by atoms with Gasteiger partial charge < -0.3 is 19.7 Å². The van der Waals surface area contributed by atoms with Crippen LogP contribution in [-0.2, 0) is 9.47 Å². The molecule has 0 heterocycles. The minimum atomic E-state index is -1.83. The molecular formula is C13H16O7. The number of hydrogen-bond donors (Lipinski definition) is 2. The van der Waals surface area contributed by atoms with Gasteiger partial charge in [-0.15, -0.1) is 0 Å². The van der Waals surface area contributed by atoms with Crippen molar-refractivity contribution in [2.75, 3.05) is 13.2 Å². The third-order valence-corrected chi connectivity index (χ3v) is 1.92. The molecular weight excluding hydrogens is 268 g/mol. The van der Waals surface area contributed by atoms with Crippen LogP contribution in [0.4, 0.5) is 4.79 Å². The fourth-order valence-electron chi connectivity index (χ4n) is 1.26. The highest BCUT2D eigenvalue weighted by Crippen LogP contribution is 2.11. The van der Waals surface area contributed by atoms with E-state index in [2.05, 4.69) is 0 Å². The van der Waals surface area contributed by atoms with Gasteiger partial charge in [0.25, 0.3) is 0 Å². The Morgan fingerprint density at radius 2 is 1.20 bits per heavy atom. The van der Waals surface area contributed by atoms with Gasteiger partial charge in [-0.1, -0.05) is 12.1 Å². The third-order valence-electron chi connectivity index (χ3n) is 1.92. The van der Waals surface area contributed by atoms with Gasteiger partial charge in [0, 0.05) is 0 Å². The average Bonchev–Trinajstić information content (AvgIpc) is 2.38. The van der Waals surface area contributed by atoms with Crippen LogP contribution >= 0.6 is 0 Å². The minimum Gasteiger partial charge on any atom is -0.462 e. The number of carbonyl (C=O) groups excluding carboxylic acids is 2. The summed E-state index contributed by atoms with van der Waals surface area (Å²) in [5.74, 6) is -1.02. The molecule has 0 aliphatic heterocycles. The Kier molecular flexibility index (Phi) is 8.17. The highest BCUT2D eigenvalue weighted by atomic mass is 16.6. The monoisotopic (exact) mass is 284 g/mol. The zero-order chi connectivity index (χ0) is 15.5. The van der Waals surface area contributed by atoms with Crippen molar-refractivity contribution in [1.29, 1.82) is 0 Å². The summed E-state index contributed by atoms with van der Waals surface area (Å²) >= 11 is 0. The van der Waals surface area contributed by atoms with Gasteiger partial charge in [-0.2, -0.15) is 0 Å². The van der Waals surface area contributed by atoms with E-state index in [4.69, 9.17) is 24.5 Å². The van der Waals surface area contributed by atoms with Crippen LogP contribution < -0.4 is 0 Å². The van der Waals surface area contributed by atoms with Gasteiger partial charge >= 0.3 is 18.1 Å². The second-order valence-corrected chi connectivity index (χ2v) is 3.27. The Labute approximate surface area is 115 Å². The first kappa shape index (κ1) is 17.4. The summed E-state index contributed by atoms with van der Waals surface area (Å²) in [6, 6.07) is 6.44. The summed E-state index contributed by atoms with van der Waals surface area (Å²) in [7, 11) is 0. The predicted molar refractivity (Wildman–Crippen MR) is 69.0 cm³/mol. The quantitative estimate of drug-likeness (QED) is 0.816. The molecule has 0 unspecified atom stereocenters. The largest absolute Gasteiger partial charge is 0.503 e. The molecule has 0 aromatic heterocycles. The number of carboxylic acid groups (broad SMARTS) is 2. The van der Waals surface area contributed by atoms with Crippen molar-refractivity contribution in [3.8, 4) is 0 Å². The SMILES string of the molecule is CCOC(=O)c1ccccc1C(=O)OCC.O=C(O)O. The van der Waals surface area contributed by atoms with Crippen LogP contribution in [0.2, 0.25) is 0 Å². The molecule has 0 spiro atoms. The number of hydrogen-bond acceptors (Lipinski definition) is 5. The molecule has 2 N–H and O–H groups in total. The topological polar surface area (TPSA) is 110 Å². The van der Waals surface area contributed by atoms with E-state index < -0.39 is 18.1 Å². The van der Waals surface area contributed by atoms with E-state index in [9.17, 15) is 9.59 Å². The lowest BCUT2D eigenvalue weighted by Crippen LogP contribution is -2.13. The van der Waals surface area contributed by atoms with Gasteiger partial charge in [-0.25, -0.2) is 14.4 Å². The van der Waals surface area contributed by atoms with E-state index in [0.29, 0.717) is 0 Å². The van der Waals surface area contributed by atoms with Crippen LogP contribution in [-0.4, -0.2) is 41.5 Å². The molecule has 0 fully saturated rings. The molecule has 0 saturated carbocycles. The second-order valence-electron chi connectivity index (χ2n) is 3.27. The van der Waals surface area contributed by atoms with Gasteiger partial charge in [0.05, 0.1) is 24.3 Å². The summed E-state index contributed by atoms with van der Waals surface area (Å²) in [5, 5.41) is 13.9. The molecule has 7 heteroatoms. The molecule has 0 aliphatic carbocycles.